The molecule has 0 aliphatic heterocycles. The number of carbonyl (C=O) groups excluding carboxylic acids is 2. The topological polar surface area (TPSA) is 70.2 Å². The van der Waals surface area contributed by atoms with Gasteiger partial charge in [0.15, 0.2) is 5.11 Å². The van der Waals surface area contributed by atoms with Gasteiger partial charge in [0.1, 0.15) is 0 Å². The second kappa shape index (κ2) is 8.02. The van der Waals surface area contributed by atoms with E-state index in [1.165, 1.54) is 0 Å². The molecule has 23 heavy (non-hydrogen) atoms. The van der Waals surface area contributed by atoms with Crippen LogP contribution in [0.4, 0.5) is 5.69 Å². The summed E-state index contributed by atoms with van der Waals surface area (Å²) >= 11 is 7.24. The van der Waals surface area contributed by atoms with Crippen molar-refractivity contribution in [1.29, 1.82) is 0 Å². The monoisotopic (exact) mass is 439 g/mol. The molecule has 2 aromatic carbocycles. The quantitative estimate of drug-likeness (QED) is 0.508. The number of nitrogens with one attached hydrogen (secondary N) is 3. The summed E-state index contributed by atoms with van der Waals surface area (Å²) in [4.78, 5) is 23.8. The van der Waals surface area contributed by atoms with Crippen molar-refractivity contribution < 1.29 is 9.59 Å². The van der Waals surface area contributed by atoms with Crippen molar-refractivity contribution in [1.82, 2.24) is 10.6 Å². The number of hydrogen-bond donors (Lipinski definition) is 3. The second-order valence-electron chi connectivity index (χ2n) is 4.55. The van der Waals surface area contributed by atoms with Gasteiger partial charge in [0.2, 0.25) is 0 Å². The van der Waals surface area contributed by atoms with Crippen LogP contribution in [0.5, 0.6) is 0 Å². The summed E-state index contributed by atoms with van der Waals surface area (Å²) in [6.45, 7) is 0. The summed E-state index contributed by atoms with van der Waals surface area (Å²) in [5.74, 6) is -0.475. The molecule has 0 atom stereocenters. The summed E-state index contributed by atoms with van der Waals surface area (Å²) in [5, 5.41) is 8.24. The average molecular weight is 439 g/mol. The zero-order valence-electron chi connectivity index (χ0n) is 12.2. The van der Waals surface area contributed by atoms with Gasteiger partial charge in [-0.15, -0.1) is 0 Å². The summed E-state index contributed by atoms with van der Waals surface area (Å²) in [7, 11) is 1.56. The van der Waals surface area contributed by atoms with Crippen molar-refractivity contribution in [3.8, 4) is 0 Å². The molecule has 0 saturated carbocycles. The van der Waals surface area contributed by atoms with E-state index in [2.05, 4.69) is 38.5 Å². The maximum atomic E-state index is 12.2. The van der Waals surface area contributed by atoms with E-state index in [1.54, 1.807) is 43.4 Å². The van der Waals surface area contributed by atoms with Gasteiger partial charge < -0.3 is 10.6 Å². The lowest BCUT2D eigenvalue weighted by Gasteiger charge is -2.11. The summed E-state index contributed by atoms with van der Waals surface area (Å²) in [5.41, 5.74) is 1.68. The smallest absolute Gasteiger partial charge is 0.258 e. The third-order valence-electron chi connectivity index (χ3n) is 2.96. The van der Waals surface area contributed by atoms with E-state index in [1.807, 2.05) is 12.1 Å². The Kier molecular flexibility index (Phi) is 6.05. The Labute approximate surface area is 153 Å². The lowest BCUT2D eigenvalue weighted by Crippen LogP contribution is -2.34. The molecule has 118 valence electrons. The van der Waals surface area contributed by atoms with Crippen LogP contribution >= 0.6 is 34.8 Å². The van der Waals surface area contributed by atoms with Crippen molar-refractivity contribution in [2.75, 3.05) is 12.4 Å². The van der Waals surface area contributed by atoms with Crippen molar-refractivity contribution in [2.45, 2.75) is 0 Å². The van der Waals surface area contributed by atoms with E-state index in [-0.39, 0.29) is 16.9 Å². The highest BCUT2D eigenvalue weighted by Gasteiger charge is 2.11. The molecule has 0 saturated heterocycles. The molecule has 3 N–H and O–H groups in total. The molecule has 2 aromatic rings. The van der Waals surface area contributed by atoms with Crippen LogP contribution in [0.2, 0.25) is 0 Å². The van der Waals surface area contributed by atoms with Gasteiger partial charge in [0.05, 0.1) is 5.56 Å². The fourth-order valence-corrected chi connectivity index (χ4v) is 2.70. The van der Waals surface area contributed by atoms with Crippen LogP contribution in [0.15, 0.2) is 48.5 Å². The number of benzene rings is 2. The fourth-order valence-electron chi connectivity index (χ4n) is 1.86. The normalized spacial score (nSPS) is 9.83. The number of halogens is 1. The zero-order chi connectivity index (χ0) is 16.8. The molecule has 0 radical (unpaired) electrons. The molecule has 5 nitrogen and oxygen atoms in total. The Morgan fingerprint density at radius 3 is 2.48 bits per heavy atom. The molecule has 2 rings (SSSR count). The highest BCUT2D eigenvalue weighted by atomic mass is 127. The molecular weight excluding hydrogens is 425 g/mol. The molecule has 0 bridgehead atoms. The number of carbonyl (C=O) groups is 2. The van der Waals surface area contributed by atoms with Gasteiger partial charge in [0.25, 0.3) is 11.8 Å². The predicted octanol–water partition coefficient (Wildman–Crippen LogP) is 2.78. The Bertz CT molecular complexity index is 764. The largest absolute Gasteiger partial charge is 0.355 e. The van der Waals surface area contributed by atoms with Crippen LogP contribution in [0.1, 0.15) is 20.7 Å². The molecule has 0 fully saturated rings. The standard InChI is InChI=1S/C16H14IN3O2S/c1-18-14(21)10-5-4-6-11(9-10)19-16(23)20-15(22)12-7-2-3-8-13(12)17/h2-9H,1H3,(H,18,21)(H2,19,20,22,23). The molecule has 0 aliphatic rings. The molecule has 0 aromatic heterocycles. The molecule has 2 amide bonds. The number of anilines is 1. The van der Waals surface area contributed by atoms with Crippen LogP contribution < -0.4 is 16.0 Å². The fraction of sp³-hybridized carbons (Fsp3) is 0.0625. The Morgan fingerprint density at radius 2 is 1.78 bits per heavy atom. The van der Waals surface area contributed by atoms with Gasteiger partial charge >= 0.3 is 0 Å². The maximum absolute atomic E-state index is 12.2. The first-order chi connectivity index (χ1) is 11.0. The van der Waals surface area contributed by atoms with E-state index >= 15 is 0 Å². The van der Waals surface area contributed by atoms with Gasteiger partial charge in [-0.25, -0.2) is 0 Å². The van der Waals surface area contributed by atoms with Crippen LogP contribution in [0, 0.1) is 3.57 Å². The first kappa shape index (κ1) is 17.4. The first-order valence-electron chi connectivity index (χ1n) is 6.70. The summed E-state index contributed by atoms with van der Waals surface area (Å²) in [6.07, 6.45) is 0. The van der Waals surface area contributed by atoms with Crippen molar-refractivity contribution in [3.05, 3.63) is 63.2 Å². The van der Waals surface area contributed by atoms with Crippen molar-refractivity contribution in [3.63, 3.8) is 0 Å². The lowest BCUT2D eigenvalue weighted by atomic mass is 10.2. The molecule has 0 aliphatic carbocycles. The zero-order valence-corrected chi connectivity index (χ0v) is 15.2. The van der Waals surface area contributed by atoms with Gasteiger partial charge in [-0.05, 0) is 65.1 Å². The van der Waals surface area contributed by atoms with E-state index in [4.69, 9.17) is 12.2 Å². The number of rotatable bonds is 3. The van der Waals surface area contributed by atoms with Crippen LogP contribution in [0.25, 0.3) is 0 Å². The predicted molar refractivity (Wildman–Crippen MR) is 103 cm³/mol. The Hall–Kier alpha value is -2.00. The van der Waals surface area contributed by atoms with Gasteiger partial charge in [-0.3, -0.25) is 14.9 Å². The van der Waals surface area contributed by atoms with Gasteiger partial charge in [-0.2, -0.15) is 0 Å². The first-order valence-corrected chi connectivity index (χ1v) is 8.19. The van der Waals surface area contributed by atoms with Crippen LogP contribution in [0.3, 0.4) is 0 Å². The maximum Gasteiger partial charge on any atom is 0.258 e. The molecular formula is C16H14IN3O2S. The van der Waals surface area contributed by atoms with Crippen LogP contribution in [-0.2, 0) is 0 Å². The van der Waals surface area contributed by atoms with Gasteiger partial charge in [-0.1, -0.05) is 18.2 Å². The van der Waals surface area contributed by atoms with E-state index < -0.39 is 0 Å². The summed E-state index contributed by atoms with van der Waals surface area (Å²) < 4.78 is 0.840. The van der Waals surface area contributed by atoms with Crippen molar-refractivity contribution in [2.24, 2.45) is 0 Å². The molecule has 0 spiro atoms. The summed E-state index contributed by atoms with van der Waals surface area (Å²) in [6, 6.07) is 14.1. The number of amides is 2. The third kappa shape index (κ3) is 4.73. The lowest BCUT2D eigenvalue weighted by molar-refractivity contribution is 0.0959. The van der Waals surface area contributed by atoms with E-state index in [9.17, 15) is 9.59 Å². The average Bonchev–Trinajstić information content (AvgIpc) is 2.54. The minimum absolute atomic E-state index is 0.170. The highest BCUT2D eigenvalue weighted by Crippen LogP contribution is 2.12. The third-order valence-corrected chi connectivity index (χ3v) is 4.10. The SMILES string of the molecule is CNC(=O)c1cccc(NC(=S)NC(=O)c2ccccc2I)c1. The highest BCUT2D eigenvalue weighted by molar-refractivity contribution is 14.1. The Morgan fingerprint density at radius 1 is 1.04 bits per heavy atom. The molecule has 0 heterocycles. The molecule has 0 unspecified atom stereocenters. The number of hydrogen-bond acceptors (Lipinski definition) is 3. The molecule has 7 heteroatoms. The van der Waals surface area contributed by atoms with Gasteiger partial charge in [0, 0.05) is 21.9 Å². The Balaban J connectivity index is 2.04. The van der Waals surface area contributed by atoms with E-state index in [0.29, 0.717) is 16.8 Å². The van der Waals surface area contributed by atoms with Crippen LogP contribution in [-0.4, -0.2) is 24.0 Å². The second-order valence-corrected chi connectivity index (χ2v) is 6.12. The minimum Gasteiger partial charge on any atom is -0.355 e. The van der Waals surface area contributed by atoms with Crippen molar-refractivity contribution >= 4 is 57.4 Å². The minimum atomic E-state index is -0.282. The van der Waals surface area contributed by atoms with E-state index in [0.717, 1.165) is 3.57 Å². The number of thiocarbonyl (C=S) groups is 1.